The van der Waals surface area contributed by atoms with E-state index < -0.39 is 11.6 Å². The second kappa shape index (κ2) is 5.82. The SMILES string of the molecule is COc1ccc(F)c(-c2c(F)ccc3c(N)c4c(O)n(C5CC5)cc4nc23)c1. The fraction of sp³-hybridized carbons (Fsp3) is 0.190. The lowest BCUT2D eigenvalue weighted by Crippen LogP contribution is -1.97. The van der Waals surface area contributed by atoms with Crippen molar-refractivity contribution >= 4 is 27.5 Å². The number of halogens is 2. The number of aromatic nitrogens is 2. The van der Waals surface area contributed by atoms with Gasteiger partial charge in [-0.15, -0.1) is 0 Å². The van der Waals surface area contributed by atoms with Crippen LogP contribution < -0.4 is 10.5 Å². The van der Waals surface area contributed by atoms with Crippen molar-refractivity contribution in [2.24, 2.45) is 0 Å². The van der Waals surface area contributed by atoms with E-state index in [1.54, 1.807) is 10.8 Å². The van der Waals surface area contributed by atoms with E-state index in [1.165, 1.54) is 37.4 Å². The molecule has 3 N–H and O–H groups in total. The number of pyridine rings is 1. The van der Waals surface area contributed by atoms with E-state index in [1.807, 2.05) is 0 Å². The fourth-order valence-corrected chi connectivity index (χ4v) is 3.71. The van der Waals surface area contributed by atoms with Crippen LogP contribution in [0.1, 0.15) is 18.9 Å². The highest BCUT2D eigenvalue weighted by Crippen LogP contribution is 2.45. The zero-order valence-electron chi connectivity index (χ0n) is 15.0. The van der Waals surface area contributed by atoms with Gasteiger partial charge in [0.15, 0.2) is 0 Å². The van der Waals surface area contributed by atoms with Gasteiger partial charge in [-0.1, -0.05) is 0 Å². The first-order valence-corrected chi connectivity index (χ1v) is 8.94. The van der Waals surface area contributed by atoms with Gasteiger partial charge < -0.3 is 20.1 Å². The molecule has 0 amide bonds. The summed E-state index contributed by atoms with van der Waals surface area (Å²) in [4.78, 5) is 4.56. The number of fused-ring (bicyclic) bond motifs is 2. The minimum Gasteiger partial charge on any atom is -0.497 e. The van der Waals surface area contributed by atoms with Gasteiger partial charge in [-0.25, -0.2) is 13.8 Å². The Bertz CT molecular complexity index is 1260. The summed E-state index contributed by atoms with van der Waals surface area (Å²) in [5, 5.41) is 11.5. The second-order valence-electron chi connectivity index (χ2n) is 7.04. The van der Waals surface area contributed by atoms with Gasteiger partial charge in [0.05, 0.1) is 29.2 Å². The number of rotatable bonds is 3. The number of benzene rings is 2. The van der Waals surface area contributed by atoms with Crippen LogP contribution >= 0.6 is 0 Å². The highest BCUT2D eigenvalue weighted by atomic mass is 19.1. The summed E-state index contributed by atoms with van der Waals surface area (Å²) in [6, 6.07) is 7.09. The monoisotopic (exact) mass is 381 g/mol. The molecule has 142 valence electrons. The number of anilines is 1. The van der Waals surface area contributed by atoms with Crippen LogP contribution in [0.25, 0.3) is 32.9 Å². The molecule has 5 nitrogen and oxygen atoms in total. The highest BCUT2D eigenvalue weighted by Gasteiger charge is 2.28. The van der Waals surface area contributed by atoms with Crippen molar-refractivity contribution in [1.29, 1.82) is 0 Å². The number of ether oxygens (including phenoxy) is 1. The van der Waals surface area contributed by atoms with Crippen LogP contribution in [0.2, 0.25) is 0 Å². The van der Waals surface area contributed by atoms with Crippen LogP contribution in [0.4, 0.5) is 14.5 Å². The van der Waals surface area contributed by atoms with Gasteiger partial charge in [0.25, 0.3) is 0 Å². The van der Waals surface area contributed by atoms with Crippen molar-refractivity contribution < 1.29 is 18.6 Å². The van der Waals surface area contributed by atoms with Gasteiger partial charge >= 0.3 is 0 Å². The normalized spacial score (nSPS) is 14.1. The predicted molar refractivity (Wildman–Crippen MR) is 103 cm³/mol. The van der Waals surface area contributed by atoms with Crippen LogP contribution in [0.3, 0.4) is 0 Å². The predicted octanol–water partition coefficient (Wildman–Crippen LogP) is 4.77. The number of nitrogens with zero attached hydrogens (tertiary/aromatic N) is 2. The number of hydrogen-bond acceptors (Lipinski definition) is 4. The van der Waals surface area contributed by atoms with Crippen LogP contribution in [0.15, 0.2) is 36.5 Å². The van der Waals surface area contributed by atoms with Crippen molar-refractivity contribution in [2.75, 3.05) is 12.8 Å². The summed E-state index contributed by atoms with van der Waals surface area (Å²) < 4.78 is 36.3. The minimum atomic E-state index is -0.614. The van der Waals surface area contributed by atoms with Crippen molar-refractivity contribution in [3.05, 3.63) is 48.2 Å². The molecule has 1 aliphatic rings. The van der Waals surface area contributed by atoms with Gasteiger partial charge in [0, 0.05) is 28.8 Å². The van der Waals surface area contributed by atoms with E-state index in [0.717, 1.165) is 12.8 Å². The Kier molecular flexibility index (Phi) is 3.49. The third-order valence-electron chi connectivity index (χ3n) is 5.29. The molecular formula is C21H17F2N3O2. The Hall–Kier alpha value is -3.35. The Labute approximate surface area is 159 Å². The quantitative estimate of drug-likeness (QED) is 0.536. The van der Waals surface area contributed by atoms with Gasteiger partial charge in [-0.3, -0.25) is 0 Å². The van der Waals surface area contributed by atoms with E-state index in [9.17, 15) is 13.9 Å². The Morgan fingerprint density at radius 2 is 1.93 bits per heavy atom. The molecule has 0 saturated heterocycles. The molecule has 0 radical (unpaired) electrons. The maximum absolute atomic E-state index is 14.8. The lowest BCUT2D eigenvalue weighted by atomic mass is 9.99. The largest absolute Gasteiger partial charge is 0.497 e. The molecule has 2 aromatic carbocycles. The van der Waals surface area contributed by atoms with E-state index >= 15 is 0 Å². The maximum atomic E-state index is 14.8. The molecule has 7 heteroatoms. The lowest BCUT2D eigenvalue weighted by molar-refractivity contribution is 0.414. The molecule has 0 bridgehead atoms. The van der Waals surface area contributed by atoms with E-state index in [2.05, 4.69) is 4.98 Å². The van der Waals surface area contributed by atoms with Crippen LogP contribution in [0, 0.1) is 11.6 Å². The number of hydrogen-bond donors (Lipinski definition) is 2. The average molecular weight is 381 g/mol. The van der Waals surface area contributed by atoms with Gasteiger partial charge in [0.1, 0.15) is 17.4 Å². The minimum absolute atomic E-state index is 0.0150. The molecule has 4 aromatic rings. The first kappa shape index (κ1) is 16.8. The van der Waals surface area contributed by atoms with Crippen LogP contribution in [-0.4, -0.2) is 21.8 Å². The molecule has 0 atom stereocenters. The van der Waals surface area contributed by atoms with E-state index in [4.69, 9.17) is 10.5 Å². The fourth-order valence-electron chi connectivity index (χ4n) is 3.71. The molecule has 5 rings (SSSR count). The van der Waals surface area contributed by atoms with Crippen LogP contribution in [0.5, 0.6) is 11.6 Å². The van der Waals surface area contributed by atoms with Crippen molar-refractivity contribution in [2.45, 2.75) is 18.9 Å². The zero-order chi connectivity index (χ0) is 19.6. The molecule has 0 aliphatic heterocycles. The van der Waals surface area contributed by atoms with Gasteiger partial charge in [0.2, 0.25) is 5.88 Å². The number of aromatic hydroxyl groups is 1. The maximum Gasteiger partial charge on any atom is 0.203 e. The topological polar surface area (TPSA) is 73.3 Å². The van der Waals surface area contributed by atoms with E-state index in [-0.39, 0.29) is 28.6 Å². The van der Waals surface area contributed by atoms with Gasteiger partial charge in [-0.2, -0.15) is 0 Å². The number of methoxy groups -OCH3 is 1. The molecule has 0 spiro atoms. The van der Waals surface area contributed by atoms with Crippen molar-refractivity contribution in [3.8, 4) is 22.8 Å². The molecule has 28 heavy (non-hydrogen) atoms. The molecule has 2 heterocycles. The average Bonchev–Trinajstić information content (AvgIpc) is 3.46. The standard InChI is InChI=1S/C21H17F2N3O2/c1-28-11-4-6-14(22)13(8-11)17-15(23)7-5-12-19(24)18-16(25-20(12)17)9-26(21(18)27)10-2-3-10/h4-10,27H,2-3,24H2,1H3. The smallest absolute Gasteiger partial charge is 0.203 e. The molecule has 1 saturated carbocycles. The Morgan fingerprint density at radius 1 is 1.18 bits per heavy atom. The number of nitrogens with two attached hydrogens (primary N) is 1. The third kappa shape index (κ3) is 2.32. The first-order chi connectivity index (χ1) is 13.5. The Morgan fingerprint density at radius 3 is 2.64 bits per heavy atom. The zero-order valence-corrected chi connectivity index (χ0v) is 15.0. The summed E-state index contributed by atoms with van der Waals surface area (Å²) in [6.45, 7) is 0. The second-order valence-corrected chi connectivity index (χ2v) is 7.04. The lowest BCUT2D eigenvalue weighted by Gasteiger charge is -2.12. The third-order valence-corrected chi connectivity index (χ3v) is 5.29. The molecule has 1 aliphatic carbocycles. The van der Waals surface area contributed by atoms with Crippen LogP contribution in [-0.2, 0) is 0 Å². The highest BCUT2D eigenvalue weighted by molar-refractivity contribution is 6.12. The van der Waals surface area contributed by atoms with Crippen molar-refractivity contribution in [3.63, 3.8) is 0 Å². The molecular weight excluding hydrogens is 364 g/mol. The summed E-state index contributed by atoms with van der Waals surface area (Å²) in [7, 11) is 1.46. The first-order valence-electron chi connectivity index (χ1n) is 8.94. The van der Waals surface area contributed by atoms with Crippen molar-refractivity contribution in [1.82, 2.24) is 9.55 Å². The summed E-state index contributed by atoms with van der Waals surface area (Å²) >= 11 is 0. The van der Waals surface area contributed by atoms with E-state index in [0.29, 0.717) is 27.7 Å². The molecule has 2 aromatic heterocycles. The number of nitrogen functional groups attached to an aromatic ring is 1. The molecule has 0 unspecified atom stereocenters. The molecule has 1 fully saturated rings. The summed E-state index contributed by atoms with van der Waals surface area (Å²) in [5.41, 5.74) is 7.37. The Balaban J connectivity index is 1.87. The van der Waals surface area contributed by atoms with Gasteiger partial charge in [-0.05, 0) is 43.2 Å². The summed E-state index contributed by atoms with van der Waals surface area (Å²) in [5.74, 6) is -0.745. The summed E-state index contributed by atoms with van der Waals surface area (Å²) in [6.07, 6.45) is 3.67.